The monoisotopic (exact) mass is 400 g/mol. The van der Waals surface area contributed by atoms with Crippen LogP contribution in [0.15, 0.2) is 48.5 Å². The van der Waals surface area contributed by atoms with Gasteiger partial charge in [-0.1, -0.05) is 24.3 Å². The quantitative estimate of drug-likeness (QED) is 0.436. The molecule has 3 aromatic rings. The Kier molecular flexibility index (Phi) is 6.56. The number of methoxy groups -OCH3 is 1. The molecule has 0 aliphatic rings. The SMILES string of the molecule is COc1ccc(CNC(=S)NNC(=O)CCc2nc3ccccc3s2)cc1. The molecule has 2 aromatic carbocycles. The molecular weight excluding hydrogens is 380 g/mol. The number of ether oxygens (including phenoxy) is 1. The van der Waals surface area contributed by atoms with Crippen molar-refractivity contribution in [3.63, 3.8) is 0 Å². The standard InChI is InChI=1S/C19H20N4O2S2/c1-25-14-8-6-13(7-9-14)12-20-19(26)23-22-17(24)10-11-18-21-15-4-2-3-5-16(15)27-18/h2-9H,10-12H2,1H3,(H,22,24)(H2,20,23,26). The summed E-state index contributed by atoms with van der Waals surface area (Å²) in [4.78, 5) is 16.5. The Labute approximate surface area is 166 Å². The van der Waals surface area contributed by atoms with Gasteiger partial charge in [-0.3, -0.25) is 15.6 Å². The van der Waals surface area contributed by atoms with Crippen LogP contribution in [0.1, 0.15) is 17.0 Å². The lowest BCUT2D eigenvalue weighted by atomic mass is 10.2. The molecule has 0 radical (unpaired) electrons. The molecule has 6 nitrogen and oxygen atoms in total. The lowest BCUT2D eigenvalue weighted by Crippen LogP contribution is -2.46. The van der Waals surface area contributed by atoms with Crippen molar-refractivity contribution in [3.05, 3.63) is 59.1 Å². The molecule has 3 rings (SSSR count). The first-order valence-electron chi connectivity index (χ1n) is 8.44. The molecule has 27 heavy (non-hydrogen) atoms. The number of fused-ring (bicyclic) bond motifs is 1. The number of rotatable bonds is 6. The van der Waals surface area contributed by atoms with Crippen molar-refractivity contribution in [3.8, 4) is 5.75 Å². The molecule has 1 heterocycles. The second-order valence-corrected chi connectivity index (χ2v) is 7.30. The van der Waals surface area contributed by atoms with E-state index in [2.05, 4.69) is 21.2 Å². The third kappa shape index (κ3) is 5.63. The molecule has 0 atom stereocenters. The summed E-state index contributed by atoms with van der Waals surface area (Å²) in [7, 11) is 1.63. The number of nitrogens with zero attached hydrogens (tertiary/aromatic N) is 1. The highest BCUT2D eigenvalue weighted by Gasteiger charge is 2.07. The van der Waals surface area contributed by atoms with Crippen molar-refractivity contribution >= 4 is 44.8 Å². The fraction of sp³-hybridized carbons (Fsp3) is 0.211. The van der Waals surface area contributed by atoms with Crippen molar-refractivity contribution in [2.45, 2.75) is 19.4 Å². The Hall–Kier alpha value is -2.71. The maximum atomic E-state index is 12.0. The number of thiazole rings is 1. The van der Waals surface area contributed by atoms with Gasteiger partial charge >= 0.3 is 0 Å². The number of hydrazine groups is 1. The van der Waals surface area contributed by atoms with Gasteiger partial charge in [0.15, 0.2) is 5.11 Å². The largest absolute Gasteiger partial charge is 0.497 e. The Bertz CT molecular complexity index is 892. The first kappa shape index (κ1) is 19.1. The van der Waals surface area contributed by atoms with Crippen LogP contribution in [0.4, 0.5) is 0 Å². The summed E-state index contributed by atoms with van der Waals surface area (Å²) in [5.74, 6) is 0.669. The molecule has 0 bridgehead atoms. The fourth-order valence-corrected chi connectivity index (χ4v) is 3.50. The minimum atomic E-state index is -0.136. The second kappa shape index (κ2) is 9.29. The van der Waals surface area contributed by atoms with Crippen molar-refractivity contribution in [1.82, 2.24) is 21.2 Å². The van der Waals surface area contributed by atoms with E-state index in [9.17, 15) is 4.79 Å². The van der Waals surface area contributed by atoms with Crippen LogP contribution in [0.25, 0.3) is 10.2 Å². The maximum absolute atomic E-state index is 12.0. The molecule has 1 aromatic heterocycles. The number of benzene rings is 2. The van der Waals surface area contributed by atoms with Crippen LogP contribution in [-0.2, 0) is 17.8 Å². The number of carbonyl (C=O) groups is 1. The average molecular weight is 401 g/mol. The van der Waals surface area contributed by atoms with Gasteiger partial charge < -0.3 is 10.1 Å². The van der Waals surface area contributed by atoms with Gasteiger partial charge in [0.05, 0.1) is 22.3 Å². The first-order chi connectivity index (χ1) is 13.1. The fourth-order valence-electron chi connectivity index (χ4n) is 2.41. The van der Waals surface area contributed by atoms with Crippen LogP contribution in [0.3, 0.4) is 0 Å². The first-order valence-corrected chi connectivity index (χ1v) is 9.66. The van der Waals surface area contributed by atoms with Gasteiger partial charge in [0.1, 0.15) is 5.75 Å². The minimum absolute atomic E-state index is 0.136. The number of nitrogens with one attached hydrogen (secondary N) is 3. The summed E-state index contributed by atoms with van der Waals surface area (Å²) in [5.41, 5.74) is 7.35. The highest BCUT2D eigenvalue weighted by molar-refractivity contribution is 7.80. The van der Waals surface area contributed by atoms with Crippen molar-refractivity contribution in [1.29, 1.82) is 0 Å². The average Bonchev–Trinajstić information content (AvgIpc) is 3.12. The maximum Gasteiger partial charge on any atom is 0.238 e. The molecule has 0 aliphatic carbocycles. The molecule has 0 aliphatic heterocycles. The predicted molar refractivity (Wildman–Crippen MR) is 112 cm³/mol. The van der Waals surface area contributed by atoms with E-state index in [1.54, 1.807) is 18.4 Å². The number of aryl methyl sites for hydroxylation is 1. The van der Waals surface area contributed by atoms with E-state index >= 15 is 0 Å². The minimum Gasteiger partial charge on any atom is -0.497 e. The number of hydrogen-bond donors (Lipinski definition) is 3. The highest BCUT2D eigenvalue weighted by Crippen LogP contribution is 2.22. The third-order valence-electron chi connectivity index (χ3n) is 3.83. The van der Waals surface area contributed by atoms with Crippen LogP contribution in [0, 0.1) is 0 Å². The van der Waals surface area contributed by atoms with E-state index in [4.69, 9.17) is 17.0 Å². The van der Waals surface area contributed by atoms with Crippen LogP contribution in [-0.4, -0.2) is 23.1 Å². The molecule has 1 amide bonds. The lowest BCUT2D eigenvalue weighted by Gasteiger charge is -2.11. The van der Waals surface area contributed by atoms with Gasteiger partial charge in [-0.25, -0.2) is 4.98 Å². The zero-order chi connectivity index (χ0) is 19.1. The van der Waals surface area contributed by atoms with E-state index in [0.717, 1.165) is 26.5 Å². The van der Waals surface area contributed by atoms with E-state index in [0.29, 0.717) is 24.5 Å². The lowest BCUT2D eigenvalue weighted by molar-refractivity contribution is -0.121. The van der Waals surface area contributed by atoms with Gasteiger partial charge in [0, 0.05) is 19.4 Å². The molecule has 0 saturated heterocycles. The molecule has 8 heteroatoms. The highest BCUT2D eigenvalue weighted by atomic mass is 32.1. The number of amides is 1. The van der Waals surface area contributed by atoms with Gasteiger partial charge in [-0.15, -0.1) is 11.3 Å². The molecule has 0 fully saturated rings. The number of hydrogen-bond acceptors (Lipinski definition) is 5. The van der Waals surface area contributed by atoms with Crippen LogP contribution in [0.5, 0.6) is 5.75 Å². The summed E-state index contributed by atoms with van der Waals surface area (Å²) >= 11 is 6.78. The third-order valence-corrected chi connectivity index (χ3v) is 5.17. The molecule has 140 valence electrons. The number of aromatic nitrogens is 1. The van der Waals surface area contributed by atoms with Gasteiger partial charge in [-0.05, 0) is 42.0 Å². The predicted octanol–water partition coefficient (Wildman–Crippen LogP) is 2.93. The zero-order valence-electron chi connectivity index (χ0n) is 14.8. The Morgan fingerprint density at radius 2 is 1.93 bits per heavy atom. The van der Waals surface area contributed by atoms with Gasteiger partial charge in [0.2, 0.25) is 5.91 Å². The smallest absolute Gasteiger partial charge is 0.238 e. The summed E-state index contributed by atoms with van der Waals surface area (Å²) in [6.07, 6.45) is 0.937. The summed E-state index contributed by atoms with van der Waals surface area (Å²) in [5, 5.41) is 4.35. The summed E-state index contributed by atoms with van der Waals surface area (Å²) < 4.78 is 6.26. The van der Waals surface area contributed by atoms with E-state index < -0.39 is 0 Å². The zero-order valence-corrected chi connectivity index (χ0v) is 16.5. The van der Waals surface area contributed by atoms with Gasteiger partial charge in [-0.2, -0.15) is 0 Å². The summed E-state index contributed by atoms with van der Waals surface area (Å²) in [6.45, 7) is 0.553. The van der Waals surface area contributed by atoms with Crippen molar-refractivity contribution < 1.29 is 9.53 Å². The Morgan fingerprint density at radius 3 is 2.67 bits per heavy atom. The normalized spacial score (nSPS) is 10.4. The molecule has 0 spiro atoms. The van der Waals surface area contributed by atoms with Crippen LogP contribution < -0.4 is 20.9 Å². The van der Waals surface area contributed by atoms with Crippen molar-refractivity contribution in [2.75, 3.05) is 7.11 Å². The number of para-hydroxylation sites is 1. The second-order valence-electron chi connectivity index (χ2n) is 5.78. The number of carbonyl (C=O) groups excluding carboxylic acids is 1. The molecule has 0 saturated carbocycles. The molecule has 3 N–H and O–H groups in total. The molecular formula is C19H20N4O2S2. The van der Waals surface area contributed by atoms with Gasteiger partial charge in [0.25, 0.3) is 0 Å². The van der Waals surface area contributed by atoms with Crippen LogP contribution in [0.2, 0.25) is 0 Å². The van der Waals surface area contributed by atoms with Crippen LogP contribution >= 0.6 is 23.6 Å². The van der Waals surface area contributed by atoms with Crippen molar-refractivity contribution in [2.24, 2.45) is 0 Å². The van der Waals surface area contributed by atoms with E-state index in [1.807, 2.05) is 48.5 Å². The van der Waals surface area contributed by atoms with E-state index in [-0.39, 0.29) is 5.91 Å². The topological polar surface area (TPSA) is 75.3 Å². The van der Waals surface area contributed by atoms with E-state index in [1.165, 1.54) is 0 Å². The summed E-state index contributed by atoms with van der Waals surface area (Å²) in [6, 6.07) is 15.6. The Morgan fingerprint density at radius 1 is 1.15 bits per heavy atom. The number of thiocarbonyl (C=S) groups is 1. The molecule has 0 unspecified atom stereocenters. The Balaban J connectivity index is 1.37.